The number of nitrogens with one attached hydrogen (secondary N) is 3. The number of hydrogen-bond donors (Lipinski definition) is 3. The first-order valence-corrected chi connectivity index (χ1v) is 9.32. The lowest BCUT2D eigenvalue weighted by atomic mass is 10.1. The average molecular weight is 394 g/mol. The number of anilines is 1. The fourth-order valence-electron chi connectivity index (χ4n) is 3.66. The molecular formula is C20H22N6O3. The fourth-order valence-corrected chi connectivity index (χ4v) is 3.66. The topological polar surface area (TPSA) is 112 Å². The quantitative estimate of drug-likeness (QED) is 0.571. The molecule has 1 saturated heterocycles. The van der Waals surface area contributed by atoms with Gasteiger partial charge in [0.05, 0.1) is 17.1 Å². The Labute approximate surface area is 167 Å². The maximum Gasteiger partial charge on any atom is 0.325 e. The van der Waals surface area contributed by atoms with Crippen LogP contribution in [0.25, 0.3) is 10.9 Å². The van der Waals surface area contributed by atoms with Gasteiger partial charge in [-0.1, -0.05) is 18.2 Å². The number of fused-ring (bicyclic) bond motifs is 1. The van der Waals surface area contributed by atoms with E-state index in [0.29, 0.717) is 17.8 Å². The third kappa shape index (κ3) is 3.35. The summed E-state index contributed by atoms with van der Waals surface area (Å²) in [6, 6.07) is 6.51. The van der Waals surface area contributed by atoms with Crippen LogP contribution in [0.5, 0.6) is 0 Å². The van der Waals surface area contributed by atoms with Crippen LogP contribution < -0.4 is 10.6 Å². The number of nitrogens with zero attached hydrogens (tertiary/aromatic N) is 3. The number of aromatic nitrogens is 3. The summed E-state index contributed by atoms with van der Waals surface area (Å²) >= 11 is 0. The summed E-state index contributed by atoms with van der Waals surface area (Å²) in [5, 5.41) is 10.7. The molecular weight excluding hydrogens is 372 g/mol. The highest BCUT2D eigenvalue weighted by Gasteiger charge is 2.39. The van der Waals surface area contributed by atoms with Crippen molar-refractivity contribution in [3.8, 4) is 0 Å². The summed E-state index contributed by atoms with van der Waals surface area (Å²) < 4.78 is 1.66. The maximum atomic E-state index is 12.7. The summed E-state index contributed by atoms with van der Waals surface area (Å²) in [6.07, 6.45) is 2.20. The van der Waals surface area contributed by atoms with Gasteiger partial charge in [-0.05, 0) is 25.5 Å². The van der Waals surface area contributed by atoms with Crippen molar-refractivity contribution >= 4 is 34.4 Å². The molecule has 3 N–H and O–H groups in total. The Balaban J connectivity index is 1.44. The summed E-state index contributed by atoms with van der Waals surface area (Å²) in [6.45, 7) is 3.27. The Bertz CT molecular complexity index is 1130. The largest absolute Gasteiger partial charge is 0.361 e. The number of benzene rings is 1. The number of imide groups is 1. The second kappa shape index (κ2) is 7.08. The number of amides is 4. The van der Waals surface area contributed by atoms with Gasteiger partial charge in [0.15, 0.2) is 0 Å². The lowest BCUT2D eigenvalue weighted by Gasteiger charge is -2.13. The van der Waals surface area contributed by atoms with Crippen molar-refractivity contribution in [2.45, 2.75) is 26.3 Å². The lowest BCUT2D eigenvalue weighted by Crippen LogP contribution is -2.38. The van der Waals surface area contributed by atoms with Gasteiger partial charge in [0.2, 0.25) is 5.91 Å². The number of urea groups is 1. The molecule has 3 aromatic rings. The minimum absolute atomic E-state index is 0.344. The van der Waals surface area contributed by atoms with Crippen molar-refractivity contribution in [3.63, 3.8) is 0 Å². The number of H-pyrrole nitrogens is 1. The molecule has 150 valence electrons. The normalized spacial score (nSPS) is 16.5. The smallest absolute Gasteiger partial charge is 0.325 e. The van der Waals surface area contributed by atoms with E-state index in [2.05, 4.69) is 20.7 Å². The number of rotatable bonds is 5. The molecule has 1 aromatic carbocycles. The van der Waals surface area contributed by atoms with E-state index in [1.807, 2.05) is 37.4 Å². The van der Waals surface area contributed by atoms with E-state index in [1.165, 1.54) is 0 Å². The summed E-state index contributed by atoms with van der Waals surface area (Å²) in [7, 11) is 1.78. The van der Waals surface area contributed by atoms with Crippen LogP contribution in [0.4, 0.5) is 10.5 Å². The van der Waals surface area contributed by atoms with Crippen LogP contribution in [0.15, 0.2) is 30.5 Å². The molecule has 0 bridgehead atoms. The molecule has 1 aliphatic rings. The molecule has 29 heavy (non-hydrogen) atoms. The van der Waals surface area contributed by atoms with E-state index in [-0.39, 0.29) is 6.54 Å². The molecule has 4 rings (SSSR count). The highest BCUT2D eigenvalue weighted by Crippen LogP contribution is 2.22. The minimum Gasteiger partial charge on any atom is -0.361 e. The van der Waals surface area contributed by atoms with E-state index in [1.54, 1.807) is 18.7 Å². The standard InChI is InChI=1S/C20H22N6O3/c1-11-18(12(2)25(3)24-11)23-17(27)10-26-19(28)16(22-20(26)29)8-13-9-21-15-7-5-4-6-14(13)15/h4-7,9,16,21H,8,10H2,1-3H3,(H,22,29)(H,23,27). The van der Waals surface area contributed by atoms with Gasteiger partial charge in [-0.15, -0.1) is 0 Å². The van der Waals surface area contributed by atoms with Crippen molar-refractivity contribution in [1.82, 2.24) is 25.0 Å². The number of carbonyl (C=O) groups is 3. The molecule has 0 spiro atoms. The van der Waals surface area contributed by atoms with Crippen molar-refractivity contribution < 1.29 is 14.4 Å². The van der Waals surface area contributed by atoms with Gasteiger partial charge in [0.25, 0.3) is 5.91 Å². The predicted molar refractivity (Wildman–Crippen MR) is 107 cm³/mol. The molecule has 9 heteroatoms. The minimum atomic E-state index is -0.698. The summed E-state index contributed by atoms with van der Waals surface area (Å²) in [5.41, 5.74) is 3.97. The molecule has 1 aliphatic heterocycles. The predicted octanol–water partition coefficient (Wildman–Crippen LogP) is 1.62. The van der Waals surface area contributed by atoms with Gasteiger partial charge in [-0.3, -0.25) is 19.2 Å². The van der Waals surface area contributed by atoms with E-state index in [9.17, 15) is 14.4 Å². The van der Waals surface area contributed by atoms with E-state index in [4.69, 9.17) is 0 Å². The van der Waals surface area contributed by atoms with E-state index in [0.717, 1.165) is 27.1 Å². The number of aryl methyl sites for hydroxylation is 2. The molecule has 0 radical (unpaired) electrons. The number of hydrogen-bond acceptors (Lipinski definition) is 4. The third-order valence-corrected chi connectivity index (χ3v) is 5.28. The number of carbonyl (C=O) groups excluding carboxylic acids is 3. The Morgan fingerprint density at radius 2 is 2.00 bits per heavy atom. The first kappa shape index (κ1) is 18.7. The maximum absolute atomic E-state index is 12.7. The van der Waals surface area contributed by atoms with Gasteiger partial charge in [-0.2, -0.15) is 5.10 Å². The summed E-state index contributed by atoms with van der Waals surface area (Å²) in [4.78, 5) is 41.6. The van der Waals surface area contributed by atoms with Gasteiger partial charge in [-0.25, -0.2) is 4.79 Å². The van der Waals surface area contributed by atoms with Gasteiger partial charge in [0, 0.05) is 30.6 Å². The Morgan fingerprint density at radius 1 is 1.24 bits per heavy atom. The fraction of sp³-hybridized carbons (Fsp3) is 0.300. The molecule has 3 heterocycles. The molecule has 0 saturated carbocycles. The van der Waals surface area contributed by atoms with E-state index < -0.39 is 23.9 Å². The van der Waals surface area contributed by atoms with Crippen molar-refractivity contribution in [2.24, 2.45) is 7.05 Å². The van der Waals surface area contributed by atoms with Gasteiger partial charge in [0.1, 0.15) is 12.6 Å². The SMILES string of the molecule is Cc1nn(C)c(C)c1NC(=O)CN1C(=O)NC(Cc2c[nH]c3ccccc23)C1=O. The molecule has 2 aromatic heterocycles. The van der Waals surface area contributed by atoms with Gasteiger partial charge < -0.3 is 15.6 Å². The third-order valence-electron chi connectivity index (χ3n) is 5.28. The van der Waals surface area contributed by atoms with Gasteiger partial charge >= 0.3 is 6.03 Å². The van der Waals surface area contributed by atoms with Crippen LogP contribution in [0.3, 0.4) is 0 Å². The highest BCUT2D eigenvalue weighted by atomic mass is 16.2. The lowest BCUT2D eigenvalue weighted by molar-refractivity contribution is -0.130. The monoisotopic (exact) mass is 394 g/mol. The Morgan fingerprint density at radius 3 is 2.72 bits per heavy atom. The summed E-state index contributed by atoms with van der Waals surface area (Å²) in [5.74, 6) is -0.851. The van der Waals surface area contributed by atoms with Crippen LogP contribution in [0.2, 0.25) is 0 Å². The van der Waals surface area contributed by atoms with Crippen LogP contribution in [0.1, 0.15) is 17.0 Å². The van der Waals surface area contributed by atoms with Crippen LogP contribution in [-0.2, 0) is 23.1 Å². The first-order valence-electron chi connectivity index (χ1n) is 9.32. The zero-order chi connectivity index (χ0) is 20.7. The number of para-hydroxylation sites is 1. The van der Waals surface area contributed by atoms with Crippen LogP contribution >= 0.6 is 0 Å². The van der Waals surface area contributed by atoms with Crippen LogP contribution in [-0.4, -0.2) is 50.1 Å². The molecule has 1 atom stereocenters. The van der Waals surface area contributed by atoms with Crippen molar-refractivity contribution in [1.29, 1.82) is 0 Å². The highest BCUT2D eigenvalue weighted by molar-refractivity contribution is 6.08. The molecule has 9 nitrogen and oxygen atoms in total. The Hall–Kier alpha value is -3.62. The molecule has 4 amide bonds. The van der Waals surface area contributed by atoms with Crippen molar-refractivity contribution in [3.05, 3.63) is 47.4 Å². The molecule has 0 aliphatic carbocycles. The Kier molecular flexibility index (Phi) is 4.57. The second-order valence-corrected chi connectivity index (χ2v) is 7.21. The van der Waals surface area contributed by atoms with E-state index >= 15 is 0 Å². The zero-order valence-electron chi connectivity index (χ0n) is 16.4. The second-order valence-electron chi connectivity index (χ2n) is 7.21. The first-order chi connectivity index (χ1) is 13.8. The molecule has 1 unspecified atom stereocenters. The average Bonchev–Trinajstić information content (AvgIpc) is 3.29. The van der Waals surface area contributed by atoms with Crippen molar-refractivity contribution in [2.75, 3.05) is 11.9 Å². The number of aromatic amines is 1. The molecule has 1 fully saturated rings. The van der Waals surface area contributed by atoms with Crippen LogP contribution in [0, 0.1) is 13.8 Å². The zero-order valence-corrected chi connectivity index (χ0v) is 16.4.